The second kappa shape index (κ2) is 10.9. The van der Waals surface area contributed by atoms with Crippen LogP contribution in [0.5, 0.6) is 5.75 Å². The lowest BCUT2D eigenvalue weighted by Crippen LogP contribution is -2.39. The summed E-state index contributed by atoms with van der Waals surface area (Å²) in [5.74, 6) is 1.70. The zero-order valence-electron chi connectivity index (χ0n) is 17.0. The van der Waals surface area contributed by atoms with E-state index >= 15 is 0 Å². The van der Waals surface area contributed by atoms with Crippen molar-refractivity contribution < 1.29 is 4.74 Å². The zero-order valence-corrected chi connectivity index (χ0v) is 17.8. The summed E-state index contributed by atoms with van der Waals surface area (Å²) in [6.45, 7) is 6.46. The van der Waals surface area contributed by atoms with Crippen molar-refractivity contribution in [2.75, 3.05) is 40.8 Å². The molecule has 0 saturated carbocycles. The van der Waals surface area contributed by atoms with E-state index in [4.69, 9.17) is 9.73 Å². The lowest BCUT2D eigenvalue weighted by molar-refractivity contribution is 0.305. The van der Waals surface area contributed by atoms with Crippen LogP contribution in [0.1, 0.15) is 28.4 Å². The van der Waals surface area contributed by atoms with Crippen LogP contribution in [0.2, 0.25) is 0 Å². The summed E-state index contributed by atoms with van der Waals surface area (Å²) in [6, 6.07) is 8.36. The Bertz CT molecular complexity index is 729. The van der Waals surface area contributed by atoms with Crippen LogP contribution in [-0.4, -0.2) is 56.7 Å². The molecule has 1 aromatic carbocycles. The molecule has 2 N–H and O–H groups in total. The van der Waals surface area contributed by atoms with Crippen LogP contribution >= 0.6 is 11.3 Å². The molecule has 0 saturated heterocycles. The number of methoxy groups -OCH3 is 1. The maximum Gasteiger partial charge on any atom is 0.191 e. The summed E-state index contributed by atoms with van der Waals surface area (Å²) in [5, 5.41) is 7.88. The Balaban J connectivity index is 2.00. The molecule has 0 fully saturated rings. The molecule has 6 nitrogen and oxygen atoms in total. The van der Waals surface area contributed by atoms with Crippen molar-refractivity contribution in [3.8, 4) is 5.75 Å². The van der Waals surface area contributed by atoms with Gasteiger partial charge in [-0.3, -0.25) is 4.99 Å². The molecule has 7 heteroatoms. The Hall–Kier alpha value is -2.12. The number of hydrogen-bond acceptors (Lipinski definition) is 5. The minimum absolute atomic E-state index is 0.178. The number of rotatable bonds is 9. The highest BCUT2D eigenvalue weighted by atomic mass is 32.1. The molecule has 148 valence electrons. The van der Waals surface area contributed by atoms with E-state index in [0.29, 0.717) is 6.54 Å². The summed E-state index contributed by atoms with van der Waals surface area (Å²) < 4.78 is 5.36. The van der Waals surface area contributed by atoms with Crippen LogP contribution in [0.15, 0.2) is 35.5 Å². The number of aryl methyl sites for hydroxylation is 1. The van der Waals surface area contributed by atoms with Gasteiger partial charge in [0.15, 0.2) is 5.96 Å². The number of guanidine groups is 1. The molecule has 0 bridgehead atoms. The predicted octanol–water partition coefficient (Wildman–Crippen LogP) is 2.86. The van der Waals surface area contributed by atoms with Crippen molar-refractivity contribution in [2.45, 2.75) is 26.3 Å². The highest BCUT2D eigenvalue weighted by molar-refractivity contribution is 7.11. The number of likely N-dealkylation sites (N-methyl/N-ethyl adjacent to an activating group) is 1. The molecule has 0 radical (unpaired) electrons. The maximum atomic E-state index is 5.36. The second-order valence-electron chi connectivity index (χ2n) is 6.52. The van der Waals surface area contributed by atoms with Gasteiger partial charge in [0.1, 0.15) is 5.75 Å². The average Bonchev–Trinajstić information content (AvgIpc) is 3.07. The fraction of sp³-hybridized carbons (Fsp3) is 0.500. The first-order valence-electron chi connectivity index (χ1n) is 9.27. The quantitative estimate of drug-likeness (QED) is 0.510. The fourth-order valence-corrected chi connectivity index (χ4v) is 3.53. The summed E-state index contributed by atoms with van der Waals surface area (Å²) in [4.78, 5) is 12.6. The van der Waals surface area contributed by atoms with Crippen molar-refractivity contribution in [2.24, 2.45) is 4.99 Å². The largest absolute Gasteiger partial charge is 0.497 e. The third kappa shape index (κ3) is 6.84. The number of nitrogens with one attached hydrogen (secondary N) is 2. The topological polar surface area (TPSA) is 61.8 Å². The average molecular weight is 390 g/mol. The highest BCUT2D eigenvalue weighted by Crippen LogP contribution is 2.22. The summed E-state index contributed by atoms with van der Waals surface area (Å²) in [6.07, 6.45) is 2.82. The first-order chi connectivity index (χ1) is 13.0. The van der Waals surface area contributed by atoms with Gasteiger partial charge >= 0.3 is 0 Å². The van der Waals surface area contributed by atoms with E-state index in [9.17, 15) is 0 Å². The van der Waals surface area contributed by atoms with Gasteiger partial charge in [-0.05, 0) is 45.6 Å². The van der Waals surface area contributed by atoms with Crippen molar-refractivity contribution >= 4 is 17.3 Å². The lowest BCUT2D eigenvalue weighted by Gasteiger charge is -2.24. The van der Waals surface area contributed by atoms with Crippen molar-refractivity contribution in [3.63, 3.8) is 0 Å². The van der Waals surface area contributed by atoms with Crippen molar-refractivity contribution in [3.05, 3.63) is 45.9 Å². The number of benzene rings is 1. The minimum atomic E-state index is 0.178. The SMILES string of the molecule is CCNC(=NCC(c1cccc(OC)c1)N(C)C)NCCc1ncc(C)s1. The standard InChI is InChI=1S/C20H31N5OS/c1-6-21-20(22-11-10-19-23-13-15(2)27-19)24-14-18(25(3)4)16-8-7-9-17(12-16)26-5/h7-9,12-13,18H,6,10-11,14H2,1-5H3,(H2,21,22,24). The molecule has 27 heavy (non-hydrogen) atoms. The van der Waals surface area contributed by atoms with Gasteiger partial charge in [-0.25, -0.2) is 4.98 Å². The van der Waals surface area contributed by atoms with Gasteiger partial charge in [0.2, 0.25) is 0 Å². The fourth-order valence-electron chi connectivity index (χ4n) is 2.74. The highest BCUT2D eigenvalue weighted by Gasteiger charge is 2.15. The smallest absolute Gasteiger partial charge is 0.191 e. The van der Waals surface area contributed by atoms with E-state index in [2.05, 4.69) is 60.6 Å². The molecule has 0 aliphatic heterocycles. The van der Waals surface area contributed by atoms with E-state index in [1.807, 2.05) is 18.3 Å². The molecule has 0 aliphatic carbocycles. The molecule has 0 amide bonds. The molecule has 1 heterocycles. The van der Waals surface area contributed by atoms with Crippen molar-refractivity contribution in [1.29, 1.82) is 0 Å². The Kier molecular flexibility index (Phi) is 8.54. The molecule has 1 atom stereocenters. The number of nitrogens with zero attached hydrogens (tertiary/aromatic N) is 3. The number of ether oxygens (including phenoxy) is 1. The molecule has 0 aliphatic rings. The van der Waals surface area contributed by atoms with Gasteiger partial charge in [0.05, 0.1) is 24.7 Å². The molecular formula is C20H31N5OS. The van der Waals surface area contributed by atoms with Gasteiger partial charge in [-0.2, -0.15) is 0 Å². The van der Waals surface area contributed by atoms with Crippen molar-refractivity contribution in [1.82, 2.24) is 20.5 Å². The van der Waals surface area contributed by atoms with Gasteiger partial charge in [-0.15, -0.1) is 11.3 Å². The van der Waals surface area contributed by atoms with E-state index in [1.54, 1.807) is 18.4 Å². The molecule has 1 unspecified atom stereocenters. The number of hydrogen-bond donors (Lipinski definition) is 2. The van der Waals surface area contributed by atoms with Crippen LogP contribution in [0, 0.1) is 6.92 Å². The van der Waals surface area contributed by atoms with E-state index < -0.39 is 0 Å². The van der Waals surface area contributed by atoms with E-state index in [0.717, 1.165) is 36.2 Å². The Morgan fingerprint density at radius 2 is 2.15 bits per heavy atom. The summed E-state index contributed by atoms with van der Waals surface area (Å²) in [5.41, 5.74) is 1.19. The van der Waals surface area contributed by atoms with Crippen LogP contribution in [-0.2, 0) is 6.42 Å². The second-order valence-corrected chi connectivity index (χ2v) is 7.84. The van der Waals surface area contributed by atoms with Crippen LogP contribution in [0.3, 0.4) is 0 Å². The van der Waals surface area contributed by atoms with Gasteiger partial charge in [-0.1, -0.05) is 12.1 Å². The Morgan fingerprint density at radius 3 is 2.78 bits per heavy atom. The normalized spacial score (nSPS) is 12.9. The van der Waals surface area contributed by atoms with Gasteiger partial charge in [0.25, 0.3) is 0 Å². The summed E-state index contributed by atoms with van der Waals surface area (Å²) >= 11 is 1.75. The van der Waals surface area contributed by atoms with E-state index in [1.165, 1.54) is 10.4 Å². The third-order valence-electron chi connectivity index (χ3n) is 4.17. The number of aromatic nitrogens is 1. The molecule has 2 aromatic rings. The van der Waals surface area contributed by atoms with Gasteiger partial charge in [0, 0.05) is 30.6 Å². The zero-order chi connectivity index (χ0) is 19.6. The molecule has 0 spiro atoms. The van der Waals surface area contributed by atoms with Crippen LogP contribution < -0.4 is 15.4 Å². The lowest BCUT2D eigenvalue weighted by atomic mass is 10.1. The van der Waals surface area contributed by atoms with E-state index in [-0.39, 0.29) is 6.04 Å². The first-order valence-corrected chi connectivity index (χ1v) is 10.1. The predicted molar refractivity (Wildman–Crippen MR) is 114 cm³/mol. The monoisotopic (exact) mass is 389 g/mol. The molecule has 2 rings (SSSR count). The number of aliphatic imine (C=N–C) groups is 1. The Labute approximate surface area is 166 Å². The molecular weight excluding hydrogens is 358 g/mol. The molecule has 1 aromatic heterocycles. The number of thiazole rings is 1. The van der Waals surface area contributed by atoms with Gasteiger partial charge < -0.3 is 20.3 Å². The minimum Gasteiger partial charge on any atom is -0.497 e. The first kappa shape index (κ1) is 21.2. The maximum absolute atomic E-state index is 5.36. The van der Waals surface area contributed by atoms with Crippen LogP contribution in [0.25, 0.3) is 0 Å². The third-order valence-corrected chi connectivity index (χ3v) is 5.14. The summed E-state index contributed by atoms with van der Waals surface area (Å²) in [7, 11) is 5.84. The van der Waals surface area contributed by atoms with Crippen LogP contribution in [0.4, 0.5) is 0 Å². The Morgan fingerprint density at radius 1 is 1.33 bits per heavy atom.